The molecule has 0 aromatic heterocycles. The van der Waals surface area contributed by atoms with Gasteiger partial charge in [0.2, 0.25) is 10.0 Å². The van der Waals surface area contributed by atoms with E-state index in [9.17, 15) is 18.6 Å². The van der Waals surface area contributed by atoms with Crippen LogP contribution in [0.4, 0.5) is 0 Å². The van der Waals surface area contributed by atoms with Gasteiger partial charge in [-0.2, -0.15) is 4.31 Å². The molecule has 1 aromatic carbocycles. The van der Waals surface area contributed by atoms with Crippen molar-refractivity contribution in [3.8, 4) is 0 Å². The molecule has 0 aliphatic carbocycles. The lowest BCUT2D eigenvalue weighted by atomic mass is 9.98. The Morgan fingerprint density at radius 3 is 2.52 bits per heavy atom. The van der Waals surface area contributed by atoms with Crippen molar-refractivity contribution >= 4 is 10.0 Å². The van der Waals surface area contributed by atoms with Gasteiger partial charge in [0, 0.05) is 25.7 Å². The van der Waals surface area contributed by atoms with Gasteiger partial charge in [0.1, 0.15) is 5.60 Å². The van der Waals surface area contributed by atoms with Gasteiger partial charge in [0.25, 0.3) is 0 Å². The molecule has 2 saturated heterocycles. The third-order valence-electron chi connectivity index (χ3n) is 5.24. The summed E-state index contributed by atoms with van der Waals surface area (Å²) in [5, 5.41) is 24.4. The fraction of sp³-hybridized carbons (Fsp3) is 0.647. The normalized spacial score (nSPS) is 30.0. The molecule has 7 nitrogen and oxygen atoms in total. The van der Waals surface area contributed by atoms with E-state index in [0.717, 1.165) is 25.9 Å². The first-order valence-electron chi connectivity index (χ1n) is 8.69. The molecule has 0 spiro atoms. The maximum Gasteiger partial charge on any atom is 0.243 e. The largest absolute Gasteiger partial charge is 0.389 e. The smallest absolute Gasteiger partial charge is 0.243 e. The Hall–Kier alpha value is -1.03. The van der Waals surface area contributed by atoms with Gasteiger partial charge in [-0.25, -0.2) is 8.42 Å². The van der Waals surface area contributed by atoms with Crippen LogP contribution in [0, 0.1) is 0 Å². The van der Waals surface area contributed by atoms with E-state index < -0.39 is 21.7 Å². The second-order valence-corrected chi connectivity index (χ2v) is 9.13. The molecule has 0 radical (unpaired) electrons. The van der Waals surface area contributed by atoms with Gasteiger partial charge in [-0.15, -0.1) is 0 Å². The van der Waals surface area contributed by atoms with Gasteiger partial charge in [-0.3, -0.25) is 0 Å². The van der Waals surface area contributed by atoms with Crippen molar-refractivity contribution < 1.29 is 18.6 Å². The number of benzene rings is 1. The van der Waals surface area contributed by atoms with Crippen LogP contribution in [0.5, 0.6) is 0 Å². The third kappa shape index (κ3) is 4.05. The van der Waals surface area contributed by atoms with Crippen molar-refractivity contribution in [2.45, 2.75) is 35.5 Å². The average Bonchev–Trinajstić information content (AvgIpc) is 2.91. The summed E-state index contributed by atoms with van der Waals surface area (Å²) in [4.78, 5) is 2.43. The lowest BCUT2D eigenvalue weighted by molar-refractivity contribution is -0.0407. The third-order valence-corrected chi connectivity index (χ3v) is 7.07. The molecule has 0 unspecified atom stereocenters. The number of sulfonamides is 1. The van der Waals surface area contributed by atoms with E-state index in [1.54, 1.807) is 18.2 Å². The van der Waals surface area contributed by atoms with Gasteiger partial charge >= 0.3 is 0 Å². The number of rotatable bonds is 5. The van der Waals surface area contributed by atoms with Gasteiger partial charge in [-0.05, 0) is 45.1 Å². The quantitative estimate of drug-likeness (QED) is 0.646. The van der Waals surface area contributed by atoms with Crippen molar-refractivity contribution in [1.82, 2.24) is 14.5 Å². The van der Waals surface area contributed by atoms with E-state index in [1.807, 2.05) is 0 Å². The minimum absolute atomic E-state index is 0.0944. The number of nitrogens with one attached hydrogen (secondary N) is 1. The molecule has 3 rings (SSSR count). The lowest BCUT2D eigenvalue weighted by Gasteiger charge is -2.33. The summed E-state index contributed by atoms with van der Waals surface area (Å²) in [6.07, 6.45) is 0.855. The topological polar surface area (TPSA) is 93.1 Å². The first-order chi connectivity index (χ1) is 11.8. The van der Waals surface area contributed by atoms with Crippen LogP contribution in [0.25, 0.3) is 0 Å². The SMILES string of the molecule is CN1CCC(NC[C@]2(O)CN(S(=O)(=O)c3ccccc3)C[C@H]2O)CC1. The Balaban J connectivity index is 1.64. The number of β-amino-alcohol motifs (C(OH)–C–C–N with tert-alkyl or cyclic N) is 2. The van der Waals surface area contributed by atoms with Crippen LogP contribution in [0.15, 0.2) is 35.2 Å². The predicted octanol–water partition coefficient (Wildman–Crippen LogP) is -0.533. The zero-order chi connectivity index (χ0) is 18.1. The van der Waals surface area contributed by atoms with Crippen molar-refractivity contribution in [3.05, 3.63) is 30.3 Å². The number of nitrogens with zero attached hydrogens (tertiary/aromatic N) is 2. The maximum atomic E-state index is 12.7. The maximum absolute atomic E-state index is 12.7. The molecule has 3 N–H and O–H groups in total. The van der Waals surface area contributed by atoms with E-state index in [-0.39, 0.29) is 30.6 Å². The first-order valence-corrected chi connectivity index (χ1v) is 10.1. The molecular formula is C17H27N3O4S. The second-order valence-electron chi connectivity index (χ2n) is 7.19. The fourth-order valence-electron chi connectivity index (χ4n) is 3.47. The van der Waals surface area contributed by atoms with Gasteiger partial charge in [0.05, 0.1) is 11.0 Å². The Morgan fingerprint density at radius 2 is 1.88 bits per heavy atom. The molecule has 0 amide bonds. The molecular weight excluding hydrogens is 342 g/mol. The van der Waals surface area contributed by atoms with Crippen molar-refractivity contribution in [2.75, 3.05) is 39.8 Å². The van der Waals surface area contributed by atoms with E-state index in [1.165, 1.54) is 16.4 Å². The summed E-state index contributed by atoms with van der Waals surface area (Å²) in [6, 6.07) is 8.40. The number of aliphatic hydroxyl groups is 2. The Labute approximate surface area is 149 Å². The van der Waals surface area contributed by atoms with Crippen LogP contribution in [-0.2, 0) is 10.0 Å². The van der Waals surface area contributed by atoms with Crippen molar-refractivity contribution in [1.29, 1.82) is 0 Å². The Morgan fingerprint density at radius 1 is 1.24 bits per heavy atom. The van der Waals surface area contributed by atoms with Gasteiger partial charge in [-0.1, -0.05) is 18.2 Å². The number of aliphatic hydroxyl groups excluding tert-OH is 1. The minimum Gasteiger partial charge on any atom is -0.389 e. The number of likely N-dealkylation sites (tertiary alicyclic amines) is 1. The van der Waals surface area contributed by atoms with E-state index >= 15 is 0 Å². The van der Waals surface area contributed by atoms with Gasteiger partial charge < -0.3 is 20.4 Å². The van der Waals surface area contributed by atoms with Crippen LogP contribution in [-0.4, -0.2) is 85.4 Å². The van der Waals surface area contributed by atoms with Crippen molar-refractivity contribution in [2.24, 2.45) is 0 Å². The van der Waals surface area contributed by atoms with Crippen LogP contribution in [0.2, 0.25) is 0 Å². The molecule has 2 atom stereocenters. The minimum atomic E-state index is -3.71. The molecule has 140 valence electrons. The lowest BCUT2D eigenvalue weighted by Crippen LogP contribution is -2.53. The molecule has 2 heterocycles. The summed E-state index contributed by atoms with van der Waals surface area (Å²) in [5.41, 5.74) is -1.47. The molecule has 8 heteroatoms. The van der Waals surface area contributed by atoms with E-state index in [0.29, 0.717) is 0 Å². The zero-order valence-corrected chi connectivity index (χ0v) is 15.3. The first kappa shape index (κ1) is 18.8. The zero-order valence-electron chi connectivity index (χ0n) is 14.5. The molecule has 25 heavy (non-hydrogen) atoms. The average molecular weight is 369 g/mol. The number of hydrogen-bond acceptors (Lipinski definition) is 6. The molecule has 0 saturated carbocycles. The molecule has 1 aromatic rings. The summed E-state index contributed by atoms with van der Waals surface area (Å²) in [7, 11) is -1.63. The molecule has 2 fully saturated rings. The summed E-state index contributed by atoms with van der Waals surface area (Å²) in [5.74, 6) is 0. The van der Waals surface area contributed by atoms with Gasteiger partial charge in [0.15, 0.2) is 0 Å². The molecule has 0 bridgehead atoms. The predicted molar refractivity (Wildman–Crippen MR) is 94.7 cm³/mol. The van der Waals surface area contributed by atoms with Crippen LogP contribution >= 0.6 is 0 Å². The summed E-state index contributed by atoms with van der Waals surface area (Å²) < 4.78 is 26.5. The Bertz CT molecular complexity index is 676. The second kappa shape index (κ2) is 7.30. The van der Waals surface area contributed by atoms with E-state index in [2.05, 4.69) is 17.3 Å². The molecule has 2 aliphatic heterocycles. The highest BCUT2D eigenvalue weighted by Gasteiger charge is 2.48. The number of piperidine rings is 1. The van der Waals surface area contributed by atoms with Crippen LogP contribution in [0.1, 0.15) is 12.8 Å². The number of hydrogen-bond donors (Lipinski definition) is 3. The summed E-state index contributed by atoms with van der Waals surface area (Å²) >= 11 is 0. The van der Waals surface area contributed by atoms with E-state index in [4.69, 9.17) is 0 Å². The molecule has 2 aliphatic rings. The van der Waals surface area contributed by atoms with Crippen LogP contribution < -0.4 is 5.32 Å². The highest BCUT2D eigenvalue weighted by atomic mass is 32.2. The Kier molecular flexibility index (Phi) is 5.48. The highest BCUT2D eigenvalue weighted by Crippen LogP contribution is 2.27. The summed E-state index contributed by atoms with van der Waals surface area (Å²) in [6.45, 7) is 1.97. The standard InChI is InChI=1S/C17H27N3O4S/c1-19-9-7-14(8-10-19)18-12-17(22)13-20(11-16(17)21)25(23,24)15-5-3-2-4-6-15/h2-6,14,16,18,21-22H,7-13H2,1H3/t16-,17+/m1/s1. The fourth-order valence-corrected chi connectivity index (χ4v) is 5.00. The monoisotopic (exact) mass is 369 g/mol. The van der Waals surface area contributed by atoms with Crippen molar-refractivity contribution in [3.63, 3.8) is 0 Å². The highest BCUT2D eigenvalue weighted by molar-refractivity contribution is 7.89. The van der Waals surface area contributed by atoms with Crippen LogP contribution in [0.3, 0.4) is 0 Å².